The largest absolute Gasteiger partial charge is 0.463 e. The predicted molar refractivity (Wildman–Crippen MR) is 57.0 cm³/mol. The summed E-state index contributed by atoms with van der Waals surface area (Å²) in [5.74, 6) is -0.0635. The van der Waals surface area contributed by atoms with Crippen LogP contribution in [0.25, 0.3) is 0 Å². The third-order valence-corrected chi connectivity index (χ3v) is 2.40. The molecule has 1 aliphatic carbocycles. The third kappa shape index (κ3) is 4.45. The average Bonchev–Trinajstić information content (AvgIpc) is 2.15. The Morgan fingerprint density at radius 1 is 1.50 bits per heavy atom. The Morgan fingerprint density at radius 2 is 2.29 bits per heavy atom. The minimum Gasteiger partial charge on any atom is -0.463 e. The molecule has 0 saturated heterocycles. The molecule has 0 radical (unpaired) electrons. The summed E-state index contributed by atoms with van der Waals surface area (Å²) in [7, 11) is 0. The quantitative estimate of drug-likeness (QED) is 0.509. The summed E-state index contributed by atoms with van der Waals surface area (Å²) in [6, 6.07) is 0. The molecular weight excluding hydrogens is 176 g/mol. The zero-order chi connectivity index (χ0) is 10.4. The van der Waals surface area contributed by atoms with E-state index < -0.39 is 0 Å². The molecule has 0 N–H and O–H groups in total. The molecule has 0 aromatic rings. The lowest BCUT2D eigenvalue weighted by Crippen LogP contribution is -2.11. The van der Waals surface area contributed by atoms with Crippen molar-refractivity contribution >= 4 is 5.97 Å². The van der Waals surface area contributed by atoms with Crippen LogP contribution in [0.2, 0.25) is 0 Å². The number of ether oxygens (including phenoxy) is 1. The molecule has 0 unspecified atom stereocenters. The number of rotatable bonds is 4. The van der Waals surface area contributed by atoms with Crippen LogP contribution in [0.5, 0.6) is 0 Å². The Bertz CT molecular complexity index is 216. The van der Waals surface area contributed by atoms with Gasteiger partial charge >= 0.3 is 5.97 Å². The van der Waals surface area contributed by atoms with Crippen LogP contribution in [0.15, 0.2) is 11.6 Å². The van der Waals surface area contributed by atoms with E-state index in [4.69, 9.17) is 4.74 Å². The second-order valence-corrected chi connectivity index (χ2v) is 4.15. The van der Waals surface area contributed by atoms with Crippen LogP contribution in [0.4, 0.5) is 0 Å². The molecular formula is C12H20O2. The van der Waals surface area contributed by atoms with Gasteiger partial charge in [-0.2, -0.15) is 0 Å². The van der Waals surface area contributed by atoms with Crippen LogP contribution >= 0.6 is 0 Å². The lowest BCUT2D eigenvalue weighted by molar-refractivity contribution is -0.147. The Labute approximate surface area is 86.3 Å². The maximum atomic E-state index is 11.2. The summed E-state index contributed by atoms with van der Waals surface area (Å²) < 4.78 is 5.08. The van der Waals surface area contributed by atoms with Crippen molar-refractivity contribution < 1.29 is 9.53 Å². The summed E-state index contributed by atoms with van der Waals surface area (Å²) in [5.41, 5.74) is 1.44. The van der Waals surface area contributed by atoms with Crippen LogP contribution in [0, 0.1) is 0 Å². The van der Waals surface area contributed by atoms with Gasteiger partial charge in [0.2, 0.25) is 0 Å². The fourth-order valence-electron chi connectivity index (χ4n) is 1.72. The molecule has 0 bridgehead atoms. The van der Waals surface area contributed by atoms with Crippen molar-refractivity contribution in [3.63, 3.8) is 0 Å². The van der Waals surface area contributed by atoms with Crippen LogP contribution in [-0.2, 0) is 9.53 Å². The molecule has 2 heteroatoms. The van der Waals surface area contributed by atoms with Crippen molar-refractivity contribution in [2.75, 3.05) is 0 Å². The number of allylic oxidation sites excluding steroid dienone is 2. The summed E-state index contributed by atoms with van der Waals surface area (Å²) >= 11 is 0. The lowest BCUT2D eigenvalue weighted by Gasteiger charge is -2.12. The first kappa shape index (κ1) is 11.3. The van der Waals surface area contributed by atoms with Crippen molar-refractivity contribution in [3.8, 4) is 0 Å². The summed E-state index contributed by atoms with van der Waals surface area (Å²) in [6.45, 7) is 3.77. The van der Waals surface area contributed by atoms with Crippen LogP contribution in [0.3, 0.4) is 0 Å². The Hall–Kier alpha value is -0.790. The molecule has 0 heterocycles. The van der Waals surface area contributed by atoms with E-state index in [1.165, 1.54) is 31.3 Å². The molecule has 2 nitrogen and oxygen atoms in total. The monoisotopic (exact) mass is 196 g/mol. The zero-order valence-electron chi connectivity index (χ0n) is 9.21. The number of hydrogen-bond acceptors (Lipinski definition) is 2. The minimum atomic E-state index is -0.0635. The fourth-order valence-corrected chi connectivity index (χ4v) is 1.72. The van der Waals surface area contributed by atoms with Gasteiger partial charge < -0.3 is 4.74 Å². The first-order chi connectivity index (χ1) is 6.68. The molecule has 0 aliphatic heterocycles. The van der Waals surface area contributed by atoms with Crippen LogP contribution in [-0.4, -0.2) is 12.1 Å². The smallest absolute Gasteiger partial charge is 0.306 e. The molecule has 0 spiro atoms. The van der Waals surface area contributed by atoms with E-state index in [0.29, 0.717) is 6.42 Å². The first-order valence-electron chi connectivity index (χ1n) is 5.56. The average molecular weight is 196 g/mol. The topological polar surface area (TPSA) is 26.3 Å². The van der Waals surface area contributed by atoms with Crippen LogP contribution < -0.4 is 0 Å². The molecule has 0 aromatic heterocycles. The summed E-state index contributed by atoms with van der Waals surface area (Å²) in [6.07, 6.45) is 8.69. The van der Waals surface area contributed by atoms with Gasteiger partial charge in [-0.25, -0.2) is 0 Å². The standard InChI is InChI=1S/C12H20O2/c1-10(2)14-12(13)9-8-11-6-4-3-5-7-11/h6,10H,3-5,7-9H2,1-2H3. The highest BCUT2D eigenvalue weighted by Crippen LogP contribution is 2.21. The summed E-state index contributed by atoms with van der Waals surface area (Å²) in [5, 5.41) is 0. The van der Waals surface area contributed by atoms with E-state index in [-0.39, 0.29) is 12.1 Å². The molecule has 0 atom stereocenters. The first-order valence-corrected chi connectivity index (χ1v) is 5.56. The number of esters is 1. The molecule has 14 heavy (non-hydrogen) atoms. The normalized spacial score (nSPS) is 16.6. The third-order valence-electron chi connectivity index (χ3n) is 2.40. The van der Waals surface area contributed by atoms with Crippen LogP contribution in [0.1, 0.15) is 52.4 Å². The van der Waals surface area contributed by atoms with E-state index in [1.54, 1.807) is 0 Å². The SMILES string of the molecule is CC(C)OC(=O)CCC1=CCCCC1. The molecule has 1 rings (SSSR count). The number of hydrogen-bond donors (Lipinski definition) is 0. The minimum absolute atomic E-state index is 0.0165. The highest BCUT2D eigenvalue weighted by molar-refractivity contribution is 5.69. The second-order valence-electron chi connectivity index (χ2n) is 4.15. The van der Waals surface area contributed by atoms with Crippen molar-refractivity contribution in [2.24, 2.45) is 0 Å². The molecule has 0 fully saturated rings. The predicted octanol–water partition coefficient (Wildman–Crippen LogP) is 3.22. The van der Waals surface area contributed by atoms with Crippen molar-refractivity contribution in [1.82, 2.24) is 0 Å². The number of carbonyl (C=O) groups excluding carboxylic acids is 1. The van der Waals surface area contributed by atoms with Gasteiger partial charge in [0, 0.05) is 6.42 Å². The second kappa shape index (κ2) is 5.84. The maximum absolute atomic E-state index is 11.2. The van der Waals surface area contributed by atoms with Crippen molar-refractivity contribution in [3.05, 3.63) is 11.6 Å². The molecule has 0 saturated carbocycles. The van der Waals surface area contributed by atoms with E-state index in [9.17, 15) is 4.79 Å². The molecule has 80 valence electrons. The van der Waals surface area contributed by atoms with Gasteiger partial charge in [0.05, 0.1) is 6.10 Å². The van der Waals surface area contributed by atoms with E-state index in [0.717, 1.165) is 6.42 Å². The maximum Gasteiger partial charge on any atom is 0.306 e. The van der Waals surface area contributed by atoms with E-state index >= 15 is 0 Å². The Morgan fingerprint density at radius 3 is 2.86 bits per heavy atom. The Balaban J connectivity index is 2.19. The van der Waals surface area contributed by atoms with E-state index in [2.05, 4.69) is 6.08 Å². The molecule has 0 amide bonds. The van der Waals surface area contributed by atoms with E-state index in [1.807, 2.05) is 13.8 Å². The van der Waals surface area contributed by atoms with Gasteiger partial charge in [-0.1, -0.05) is 11.6 Å². The lowest BCUT2D eigenvalue weighted by atomic mass is 9.96. The number of carbonyl (C=O) groups is 1. The molecule has 0 aromatic carbocycles. The van der Waals surface area contributed by atoms with Gasteiger partial charge in [0.25, 0.3) is 0 Å². The van der Waals surface area contributed by atoms with Gasteiger partial charge in [0.15, 0.2) is 0 Å². The molecule has 1 aliphatic rings. The Kier molecular flexibility index (Phi) is 4.71. The van der Waals surface area contributed by atoms with Gasteiger partial charge in [-0.3, -0.25) is 4.79 Å². The zero-order valence-corrected chi connectivity index (χ0v) is 9.21. The van der Waals surface area contributed by atoms with Gasteiger partial charge in [0.1, 0.15) is 0 Å². The van der Waals surface area contributed by atoms with Gasteiger partial charge in [-0.05, 0) is 46.0 Å². The van der Waals surface area contributed by atoms with Crippen molar-refractivity contribution in [1.29, 1.82) is 0 Å². The highest BCUT2D eigenvalue weighted by Gasteiger charge is 2.08. The summed E-state index contributed by atoms with van der Waals surface area (Å²) in [4.78, 5) is 11.2. The van der Waals surface area contributed by atoms with Crippen molar-refractivity contribution in [2.45, 2.75) is 58.5 Å². The highest BCUT2D eigenvalue weighted by atomic mass is 16.5. The fraction of sp³-hybridized carbons (Fsp3) is 0.750. The van der Waals surface area contributed by atoms with Gasteiger partial charge in [-0.15, -0.1) is 0 Å².